The van der Waals surface area contributed by atoms with Crippen molar-refractivity contribution in [2.75, 3.05) is 19.7 Å². The molecule has 4 nitrogen and oxygen atoms in total. The summed E-state index contributed by atoms with van der Waals surface area (Å²) in [5.41, 5.74) is 0.661. The van der Waals surface area contributed by atoms with Crippen LogP contribution in [0.25, 0.3) is 0 Å². The van der Waals surface area contributed by atoms with Gasteiger partial charge in [-0.05, 0) is 43.1 Å². The average molecular weight is 311 g/mol. The first-order chi connectivity index (χ1) is 9.70. The molecular weight excluding hydrogens is 288 g/mol. The number of rotatable bonds is 5. The van der Waals surface area contributed by atoms with Gasteiger partial charge in [0.25, 0.3) is 5.91 Å². The van der Waals surface area contributed by atoms with Gasteiger partial charge in [-0.2, -0.15) is 0 Å². The van der Waals surface area contributed by atoms with Crippen molar-refractivity contribution in [3.63, 3.8) is 0 Å². The van der Waals surface area contributed by atoms with E-state index in [1.165, 1.54) is 0 Å². The van der Waals surface area contributed by atoms with Crippen LogP contribution in [0.5, 0.6) is 5.75 Å². The van der Waals surface area contributed by atoms with Crippen LogP contribution in [-0.2, 0) is 0 Å². The first-order valence-electron chi connectivity index (χ1n) is 7.06. The highest BCUT2D eigenvalue weighted by Gasteiger charge is 2.22. The predicted molar refractivity (Wildman–Crippen MR) is 87.3 cm³/mol. The van der Waals surface area contributed by atoms with Gasteiger partial charge in [0.1, 0.15) is 12.4 Å². The number of hydrogen-bond donors (Lipinski definition) is 2. The van der Waals surface area contributed by atoms with Crippen LogP contribution >= 0.6 is 12.4 Å². The fraction of sp³-hybridized carbons (Fsp3) is 0.438. The van der Waals surface area contributed by atoms with Gasteiger partial charge in [0, 0.05) is 18.2 Å². The van der Waals surface area contributed by atoms with E-state index in [1.807, 2.05) is 0 Å². The molecule has 0 aliphatic carbocycles. The van der Waals surface area contributed by atoms with Gasteiger partial charge < -0.3 is 15.4 Å². The minimum Gasteiger partial charge on any atom is -0.490 e. The predicted octanol–water partition coefficient (Wildman–Crippen LogP) is 2.40. The molecule has 0 saturated carbocycles. The third kappa shape index (κ3) is 5.06. The van der Waals surface area contributed by atoms with Crippen LogP contribution < -0.4 is 15.4 Å². The summed E-state index contributed by atoms with van der Waals surface area (Å²) in [6, 6.07) is 7.39. The smallest absolute Gasteiger partial charge is 0.251 e. The van der Waals surface area contributed by atoms with E-state index in [9.17, 15) is 4.79 Å². The molecule has 2 N–H and O–H groups in total. The van der Waals surface area contributed by atoms with E-state index in [2.05, 4.69) is 24.1 Å². The van der Waals surface area contributed by atoms with Crippen molar-refractivity contribution in [3.05, 3.63) is 42.5 Å². The van der Waals surface area contributed by atoms with E-state index >= 15 is 0 Å². The Hall–Kier alpha value is -1.52. The number of carbonyl (C=O) groups excluding carboxylic acids is 1. The Balaban J connectivity index is 0.00000220. The van der Waals surface area contributed by atoms with E-state index < -0.39 is 0 Å². The van der Waals surface area contributed by atoms with Crippen LogP contribution in [0.3, 0.4) is 0 Å². The second kappa shape index (κ2) is 8.70. The molecule has 0 radical (unpaired) electrons. The van der Waals surface area contributed by atoms with Gasteiger partial charge in [-0.1, -0.05) is 19.6 Å². The molecule has 2 atom stereocenters. The molecule has 1 fully saturated rings. The Morgan fingerprint density at radius 1 is 1.48 bits per heavy atom. The summed E-state index contributed by atoms with van der Waals surface area (Å²) in [4.78, 5) is 12.2. The number of hydrogen-bond acceptors (Lipinski definition) is 3. The Kier molecular flexibility index (Phi) is 7.26. The van der Waals surface area contributed by atoms with E-state index in [0.717, 1.165) is 25.3 Å². The summed E-state index contributed by atoms with van der Waals surface area (Å²) in [5.74, 6) is 1.23. The average Bonchev–Trinajstić information content (AvgIpc) is 2.48. The zero-order valence-corrected chi connectivity index (χ0v) is 13.1. The van der Waals surface area contributed by atoms with Crippen LogP contribution in [0.1, 0.15) is 23.7 Å². The highest BCUT2D eigenvalue weighted by molar-refractivity contribution is 5.94. The zero-order valence-electron chi connectivity index (χ0n) is 12.3. The summed E-state index contributed by atoms with van der Waals surface area (Å²) in [7, 11) is 0. The first kappa shape index (κ1) is 17.5. The summed E-state index contributed by atoms with van der Waals surface area (Å²) >= 11 is 0. The van der Waals surface area contributed by atoms with Crippen molar-refractivity contribution >= 4 is 18.3 Å². The number of ether oxygens (including phenoxy) is 1. The zero-order chi connectivity index (χ0) is 14.4. The molecule has 0 aromatic heterocycles. The first-order valence-corrected chi connectivity index (χ1v) is 7.06. The largest absolute Gasteiger partial charge is 0.490 e. The SMILES string of the molecule is C=CCOc1ccc(C(=O)NC2CNCCC2C)cc1.Cl. The second-order valence-electron chi connectivity index (χ2n) is 5.17. The Labute approximate surface area is 132 Å². The molecule has 1 amide bonds. The Bertz CT molecular complexity index is 462. The molecule has 0 bridgehead atoms. The molecule has 1 aromatic carbocycles. The number of piperidine rings is 1. The topological polar surface area (TPSA) is 50.4 Å². The lowest BCUT2D eigenvalue weighted by Gasteiger charge is -2.30. The quantitative estimate of drug-likeness (QED) is 0.821. The van der Waals surface area contributed by atoms with E-state index in [-0.39, 0.29) is 24.4 Å². The highest BCUT2D eigenvalue weighted by atomic mass is 35.5. The van der Waals surface area contributed by atoms with E-state index in [1.54, 1.807) is 30.3 Å². The van der Waals surface area contributed by atoms with Crippen molar-refractivity contribution in [1.29, 1.82) is 0 Å². The maximum atomic E-state index is 12.2. The molecule has 1 aromatic rings. The number of nitrogens with one attached hydrogen (secondary N) is 2. The van der Waals surface area contributed by atoms with Crippen LogP contribution in [0.4, 0.5) is 0 Å². The monoisotopic (exact) mass is 310 g/mol. The van der Waals surface area contributed by atoms with Gasteiger partial charge in [0.05, 0.1) is 0 Å². The number of amides is 1. The van der Waals surface area contributed by atoms with Crippen molar-refractivity contribution in [3.8, 4) is 5.75 Å². The minimum atomic E-state index is -0.0270. The maximum Gasteiger partial charge on any atom is 0.251 e. The fourth-order valence-electron chi connectivity index (χ4n) is 2.29. The highest BCUT2D eigenvalue weighted by Crippen LogP contribution is 2.14. The summed E-state index contributed by atoms with van der Waals surface area (Å²) in [6.45, 7) is 8.12. The molecular formula is C16H23ClN2O2. The molecule has 1 saturated heterocycles. The Morgan fingerprint density at radius 3 is 2.81 bits per heavy atom. The Morgan fingerprint density at radius 2 is 2.19 bits per heavy atom. The molecule has 116 valence electrons. The lowest BCUT2D eigenvalue weighted by molar-refractivity contribution is 0.0915. The summed E-state index contributed by atoms with van der Waals surface area (Å²) in [6.07, 6.45) is 2.79. The molecule has 1 heterocycles. The normalized spacial score (nSPS) is 21.0. The van der Waals surface area contributed by atoms with Crippen molar-refractivity contribution in [2.45, 2.75) is 19.4 Å². The maximum absolute atomic E-state index is 12.2. The van der Waals surface area contributed by atoms with Gasteiger partial charge in [0.15, 0.2) is 0 Å². The minimum absolute atomic E-state index is 0. The van der Waals surface area contributed by atoms with Crippen LogP contribution in [-0.4, -0.2) is 31.6 Å². The standard InChI is InChI=1S/C16H22N2O2.ClH/c1-3-10-20-14-6-4-13(5-7-14)16(19)18-15-11-17-9-8-12(15)2;/h3-7,12,15,17H,1,8-11H2,2H3,(H,18,19);1H. The summed E-state index contributed by atoms with van der Waals surface area (Å²) in [5, 5.41) is 6.40. The number of carbonyl (C=O) groups is 1. The van der Waals surface area contributed by atoms with Crippen molar-refractivity contribution in [1.82, 2.24) is 10.6 Å². The fourth-order valence-corrected chi connectivity index (χ4v) is 2.29. The van der Waals surface area contributed by atoms with Crippen molar-refractivity contribution in [2.24, 2.45) is 5.92 Å². The van der Waals surface area contributed by atoms with Crippen LogP contribution in [0.15, 0.2) is 36.9 Å². The lowest BCUT2D eigenvalue weighted by Crippen LogP contribution is -2.50. The summed E-state index contributed by atoms with van der Waals surface area (Å²) < 4.78 is 5.40. The van der Waals surface area contributed by atoms with Gasteiger partial charge in [-0.15, -0.1) is 12.4 Å². The molecule has 2 rings (SSSR count). The molecule has 1 aliphatic rings. The molecule has 0 spiro atoms. The van der Waals surface area contributed by atoms with Crippen molar-refractivity contribution < 1.29 is 9.53 Å². The third-order valence-electron chi connectivity index (χ3n) is 3.63. The van der Waals surface area contributed by atoms with E-state index in [4.69, 9.17) is 4.74 Å². The van der Waals surface area contributed by atoms with Crippen LogP contribution in [0.2, 0.25) is 0 Å². The lowest BCUT2D eigenvalue weighted by atomic mass is 9.94. The van der Waals surface area contributed by atoms with Gasteiger partial charge in [-0.25, -0.2) is 0 Å². The second-order valence-corrected chi connectivity index (χ2v) is 5.17. The third-order valence-corrected chi connectivity index (χ3v) is 3.63. The molecule has 1 aliphatic heterocycles. The molecule has 5 heteroatoms. The van der Waals surface area contributed by atoms with Gasteiger partial charge in [-0.3, -0.25) is 4.79 Å². The van der Waals surface area contributed by atoms with Gasteiger partial charge in [0.2, 0.25) is 0 Å². The number of benzene rings is 1. The van der Waals surface area contributed by atoms with Crippen LogP contribution in [0, 0.1) is 5.92 Å². The number of halogens is 1. The molecule has 21 heavy (non-hydrogen) atoms. The van der Waals surface area contributed by atoms with Gasteiger partial charge >= 0.3 is 0 Å². The molecule has 2 unspecified atom stereocenters. The van der Waals surface area contributed by atoms with E-state index in [0.29, 0.717) is 18.1 Å².